The van der Waals surface area contributed by atoms with E-state index in [9.17, 15) is 14.4 Å². The summed E-state index contributed by atoms with van der Waals surface area (Å²) in [6, 6.07) is 21.7. The van der Waals surface area contributed by atoms with Gasteiger partial charge in [-0.05, 0) is 48.9 Å². The Bertz CT molecular complexity index is 1050. The Morgan fingerprint density at radius 1 is 0.867 bits per heavy atom. The van der Waals surface area contributed by atoms with Crippen molar-refractivity contribution in [3.63, 3.8) is 0 Å². The van der Waals surface area contributed by atoms with Gasteiger partial charge in [-0.2, -0.15) is 0 Å². The Kier molecular flexibility index (Phi) is 6.80. The predicted octanol–water partition coefficient (Wildman–Crippen LogP) is 3.92. The molecule has 0 heterocycles. The van der Waals surface area contributed by atoms with E-state index in [0.29, 0.717) is 11.3 Å². The number of carbonyl (C=O) groups is 3. The number of esters is 1. The van der Waals surface area contributed by atoms with E-state index in [0.717, 1.165) is 10.8 Å². The molecule has 0 aliphatic heterocycles. The molecule has 0 bridgehead atoms. The number of amides is 2. The molecule has 2 amide bonds. The quantitative estimate of drug-likeness (QED) is 0.585. The molecule has 3 aromatic carbocycles. The molecule has 0 saturated heterocycles. The maximum absolute atomic E-state index is 12.4. The third-order valence-corrected chi connectivity index (χ3v) is 4.58. The first-order valence-electron chi connectivity index (χ1n) is 9.77. The zero-order chi connectivity index (χ0) is 21.5. The number of rotatable bonds is 7. The van der Waals surface area contributed by atoms with Gasteiger partial charge in [-0.25, -0.2) is 0 Å². The van der Waals surface area contributed by atoms with Crippen LogP contribution in [-0.2, 0) is 14.3 Å². The van der Waals surface area contributed by atoms with Crippen LogP contribution in [0.2, 0.25) is 0 Å². The van der Waals surface area contributed by atoms with Gasteiger partial charge < -0.3 is 15.4 Å². The van der Waals surface area contributed by atoms with Crippen molar-refractivity contribution in [2.24, 2.45) is 0 Å². The van der Waals surface area contributed by atoms with Crippen LogP contribution >= 0.6 is 0 Å². The predicted molar refractivity (Wildman–Crippen MR) is 116 cm³/mol. The van der Waals surface area contributed by atoms with E-state index in [4.69, 9.17) is 4.74 Å². The molecule has 0 saturated carbocycles. The molecule has 3 aromatic rings. The maximum Gasteiger partial charge on any atom is 0.308 e. The number of carbonyl (C=O) groups excluding carboxylic acids is 3. The number of hydrogen-bond acceptors (Lipinski definition) is 4. The SMILES string of the molecule is CC(CC(=O)OC(C)C(=O)Nc1ccc2ccccc2c1)NC(=O)c1ccccc1. The average molecular weight is 404 g/mol. The van der Waals surface area contributed by atoms with Crippen LogP contribution < -0.4 is 10.6 Å². The Morgan fingerprint density at radius 3 is 2.27 bits per heavy atom. The van der Waals surface area contributed by atoms with Crippen molar-refractivity contribution in [2.75, 3.05) is 5.32 Å². The summed E-state index contributed by atoms with van der Waals surface area (Å²) in [4.78, 5) is 36.7. The van der Waals surface area contributed by atoms with E-state index in [1.165, 1.54) is 6.92 Å². The van der Waals surface area contributed by atoms with E-state index in [1.807, 2.05) is 42.5 Å². The van der Waals surface area contributed by atoms with Crippen molar-refractivity contribution in [1.82, 2.24) is 5.32 Å². The monoisotopic (exact) mass is 404 g/mol. The first-order chi connectivity index (χ1) is 14.4. The largest absolute Gasteiger partial charge is 0.452 e. The van der Waals surface area contributed by atoms with Crippen LogP contribution in [0, 0.1) is 0 Å². The van der Waals surface area contributed by atoms with Crippen molar-refractivity contribution in [1.29, 1.82) is 0 Å². The summed E-state index contributed by atoms with van der Waals surface area (Å²) in [7, 11) is 0. The molecular formula is C24H24N2O4. The summed E-state index contributed by atoms with van der Waals surface area (Å²) in [6.45, 7) is 3.23. The van der Waals surface area contributed by atoms with Crippen LogP contribution in [0.4, 0.5) is 5.69 Å². The number of nitrogens with one attached hydrogen (secondary N) is 2. The lowest BCUT2D eigenvalue weighted by Crippen LogP contribution is -2.36. The van der Waals surface area contributed by atoms with Crippen molar-refractivity contribution in [3.8, 4) is 0 Å². The molecule has 3 rings (SSSR count). The average Bonchev–Trinajstić information content (AvgIpc) is 2.74. The minimum Gasteiger partial charge on any atom is -0.452 e. The number of ether oxygens (including phenoxy) is 1. The Hall–Kier alpha value is -3.67. The van der Waals surface area contributed by atoms with Crippen molar-refractivity contribution in [3.05, 3.63) is 78.4 Å². The molecular weight excluding hydrogens is 380 g/mol. The van der Waals surface area contributed by atoms with Crippen LogP contribution in [-0.4, -0.2) is 29.9 Å². The smallest absolute Gasteiger partial charge is 0.308 e. The molecule has 0 radical (unpaired) electrons. The second-order valence-corrected chi connectivity index (χ2v) is 7.13. The van der Waals surface area contributed by atoms with Gasteiger partial charge in [0.25, 0.3) is 11.8 Å². The zero-order valence-electron chi connectivity index (χ0n) is 16.9. The molecule has 0 fully saturated rings. The molecule has 6 heteroatoms. The molecule has 154 valence electrons. The molecule has 2 N–H and O–H groups in total. The molecule has 6 nitrogen and oxygen atoms in total. The fourth-order valence-corrected chi connectivity index (χ4v) is 3.01. The van der Waals surface area contributed by atoms with E-state index in [1.54, 1.807) is 37.3 Å². The van der Waals surface area contributed by atoms with Gasteiger partial charge in [0.1, 0.15) is 0 Å². The van der Waals surface area contributed by atoms with Crippen LogP contribution in [0.25, 0.3) is 10.8 Å². The first kappa shape index (κ1) is 21.0. The first-order valence-corrected chi connectivity index (χ1v) is 9.77. The molecule has 0 aliphatic rings. The topological polar surface area (TPSA) is 84.5 Å². The molecule has 2 atom stereocenters. The molecule has 30 heavy (non-hydrogen) atoms. The number of benzene rings is 3. The summed E-state index contributed by atoms with van der Waals surface area (Å²) in [5, 5.41) is 7.58. The third-order valence-electron chi connectivity index (χ3n) is 4.58. The maximum atomic E-state index is 12.4. The Labute approximate surface area is 175 Å². The summed E-state index contributed by atoms with van der Waals surface area (Å²) >= 11 is 0. The minimum absolute atomic E-state index is 0.0355. The summed E-state index contributed by atoms with van der Waals surface area (Å²) in [5.41, 5.74) is 1.14. The number of anilines is 1. The molecule has 0 aliphatic carbocycles. The van der Waals surface area contributed by atoms with Crippen LogP contribution in [0.5, 0.6) is 0 Å². The normalized spacial score (nSPS) is 12.6. The lowest BCUT2D eigenvalue weighted by molar-refractivity contribution is -0.153. The van der Waals surface area contributed by atoms with Gasteiger partial charge in [0, 0.05) is 17.3 Å². The van der Waals surface area contributed by atoms with Gasteiger partial charge in [-0.1, -0.05) is 48.5 Å². The second-order valence-electron chi connectivity index (χ2n) is 7.13. The van der Waals surface area contributed by atoms with Crippen molar-refractivity contribution < 1.29 is 19.1 Å². The lowest BCUT2D eigenvalue weighted by Gasteiger charge is -2.17. The third kappa shape index (κ3) is 5.67. The Balaban J connectivity index is 1.49. The highest BCUT2D eigenvalue weighted by atomic mass is 16.5. The van der Waals surface area contributed by atoms with Gasteiger partial charge in [-0.3, -0.25) is 14.4 Å². The van der Waals surface area contributed by atoms with E-state index >= 15 is 0 Å². The number of hydrogen-bond donors (Lipinski definition) is 2. The van der Waals surface area contributed by atoms with E-state index in [-0.39, 0.29) is 12.3 Å². The summed E-state index contributed by atoms with van der Waals surface area (Å²) in [6.07, 6.45) is -0.993. The second kappa shape index (κ2) is 9.69. The Morgan fingerprint density at radius 2 is 1.53 bits per heavy atom. The van der Waals surface area contributed by atoms with Crippen LogP contribution in [0.3, 0.4) is 0 Å². The van der Waals surface area contributed by atoms with Crippen molar-refractivity contribution >= 4 is 34.2 Å². The highest BCUT2D eigenvalue weighted by molar-refractivity contribution is 5.97. The molecule has 2 unspecified atom stereocenters. The van der Waals surface area contributed by atoms with Crippen LogP contribution in [0.15, 0.2) is 72.8 Å². The highest BCUT2D eigenvalue weighted by Gasteiger charge is 2.20. The van der Waals surface area contributed by atoms with Gasteiger partial charge in [0.15, 0.2) is 6.10 Å². The fraction of sp³-hybridized carbons (Fsp3) is 0.208. The standard InChI is InChI=1S/C24H24N2O4/c1-16(25-24(29)19-9-4-3-5-10-19)14-22(27)30-17(2)23(28)26-21-13-12-18-8-6-7-11-20(18)15-21/h3-13,15-17H,14H2,1-2H3,(H,25,29)(H,26,28). The number of fused-ring (bicyclic) bond motifs is 1. The van der Waals surface area contributed by atoms with Gasteiger partial charge in [0.05, 0.1) is 6.42 Å². The molecule has 0 aromatic heterocycles. The van der Waals surface area contributed by atoms with Crippen molar-refractivity contribution in [2.45, 2.75) is 32.4 Å². The van der Waals surface area contributed by atoms with Gasteiger partial charge in [0.2, 0.25) is 0 Å². The van der Waals surface area contributed by atoms with Gasteiger partial charge in [-0.15, -0.1) is 0 Å². The highest BCUT2D eigenvalue weighted by Crippen LogP contribution is 2.19. The fourth-order valence-electron chi connectivity index (χ4n) is 3.01. The minimum atomic E-state index is -0.957. The summed E-state index contributed by atoms with van der Waals surface area (Å²) < 4.78 is 5.23. The summed E-state index contributed by atoms with van der Waals surface area (Å²) in [5.74, 6) is -1.24. The molecule has 0 spiro atoms. The van der Waals surface area contributed by atoms with Gasteiger partial charge >= 0.3 is 5.97 Å². The zero-order valence-corrected chi connectivity index (χ0v) is 16.9. The van der Waals surface area contributed by atoms with Crippen LogP contribution in [0.1, 0.15) is 30.6 Å². The lowest BCUT2D eigenvalue weighted by atomic mass is 10.1. The van der Waals surface area contributed by atoms with E-state index in [2.05, 4.69) is 10.6 Å². The van der Waals surface area contributed by atoms with E-state index < -0.39 is 24.0 Å².